The molecule has 9 aromatic rings. The number of rotatable bonds is 14. The van der Waals surface area contributed by atoms with Crippen LogP contribution in [0.2, 0.25) is 0 Å². The maximum atomic E-state index is 14.4. The topological polar surface area (TPSA) is 123 Å². The van der Waals surface area contributed by atoms with Crippen LogP contribution in [0.3, 0.4) is 0 Å². The molecular formula is C58H44N6O4. The molecule has 9 rings (SSSR count). The second-order valence-electron chi connectivity index (χ2n) is 15.5. The van der Waals surface area contributed by atoms with Gasteiger partial charge in [0, 0.05) is 34.1 Å². The number of carbonyl (C=O) groups excluding carboxylic acids is 4. The lowest BCUT2D eigenvalue weighted by atomic mass is 10.0. The second-order valence-corrected chi connectivity index (χ2v) is 15.5. The Bertz CT molecular complexity index is 2810. The fourth-order valence-electron chi connectivity index (χ4n) is 7.91. The summed E-state index contributed by atoms with van der Waals surface area (Å²) in [6.07, 6.45) is 0. The molecule has 10 heteroatoms. The van der Waals surface area contributed by atoms with Gasteiger partial charge in [-0.2, -0.15) is 0 Å². The van der Waals surface area contributed by atoms with Gasteiger partial charge in [0.1, 0.15) is 0 Å². The molecule has 68 heavy (non-hydrogen) atoms. The SMILES string of the molecule is O=C(Nc1ccccc1)c1ccccc1N(c1cccc(N(c2ccccc2C(=O)Nc2ccccc2)c2ccccc2C(=O)Nc2ccccc2)c1)c1ccccc1C(=O)Nc1ccccc1. The third-order valence-corrected chi connectivity index (χ3v) is 11.0. The number of carbonyl (C=O) groups is 4. The molecule has 0 bridgehead atoms. The highest BCUT2D eigenvalue weighted by atomic mass is 16.2. The summed E-state index contributed by atoms with van der Waals surface area (Å²) < 4.78 is 0. The lowest BCUT2D eigenvalue weighted by Gasteiger charge is -2.32. The van der Waals surface area contributed by atoms with Crippen LogP contribution in [0, 0.1) is 0 Å². The molecule has 4 amide bonds. The first kappa shape index (κ1) is 43.7. The van der Waals surface area contributed by atoms with Crippen LogP contribution in [0.5, 0.6) is 0 Å². The van der Waals surface area contributed by atoms with E-state index >= 15 is 0 Å². The smallest absolute Gasteiger partial charge is 0.257 e. The van der Waals surface area contributed by atoms with Gasteiger partial charge in [-0.15, -0.1) is 0 Å². The van der Waals surface area contributed by atoms with Crippen LogP contribution >= 0.6 is 0 Å². The Kier molecular flexibility index (Phi) is 13.2. The van der Waals surface area contributed by atoms with Gasteiger partial charge in [-0.25, -0.2) is 0 Å². The number of anilines is 10. The van der Waals surface area contributed by atoms with Crippen LogP contribution in [0.1, 0.15) is 41.4 Å². The van der Waals surface area contributed by atoms with Crippen molar-refractivity contribution in [1.82, 2.24) is 0 Å². The molecule has 330 valence electrons. The predicted molar refractivity (Wildman–Crippen MR) is 273 cm³/mol. The highest BCUT2D eigenvalue weighted by Crippen LogP contribution is 2.44. The largest absolute Gasteiger partial charge is 0.322 e. The van der Waals surface area contributed by atoms with Gasteiger partial charge in [0.2, 0.25) is 0 Å². The Labute approximate surface area is 394 Å². The van der Waals surface area contributed by atoms with Crippen molar-refractivity contribution in [2.75, 3.05) is 31.1 Å². The predicted octanol–water partition coefficient (Wildman–Crippen LogP) is 13.6. The number of nitrogens with zero attached hydrogens (tertiary/aromatic N) is 2. The maximum Gasteiger partial charge on any atom is 0.257 e. The molecule has 10 nitrogen and oxygen atoms in total. The summed E-state index contributed by atoms with van der Waals surface area (Å²) in [6.45, 7) is 0. The van der Waals surface area contributed by atoms with E-state index in [0.29, 0.717) is 79.1 Å². The molecule has 0 aliphatic rings. The van der Waals surface area contributed by atoms with Gasteiger partial charge >= 0.3 is 0 Å². The Morgan fingerprint density at radius 2 is 0.471 bits per heavy atom. The number of amides is 4. The number of benzene rings is 9. The second kappa shape index (κ2) is 20.5. The molecule has 0 saturated heterocycles. The Morgan fingerprint density at radius 3 is 0.721 bits per heavy atom. The van der Waals surface area contributed by atoms with Gasteiger partial charge in [0.25, 0.3) is 23.6 Å². The molecule has 0 radical (unpaired) electrons. The van der Waals surface area contributed by atoms with Gasteiger partial charge in [-0.3, -0.25) is 19.2 Å². The summed E-state index contributed by atoms with van der Waals surface area (Å²) in [7, 11) is 0. The fraction of sp³-hybridized carbons (Fsp3) is 0. The highest BCUT2D eigenvalue weighted by molar-refractivity contribution is 6.14. The molecule has 0 heterocycles. The van der Waals surface area contributed by atoms with E-state index in [4.69, 9.17) is 0 Å². The van der Waals surface area contributed by atoms with E-state index in [-0.39, 0.29) is 23.6 Å². The van der Waals surface area contributed by atoms with Crippen molar-refractivity contribution in [3.8, 4) is 0 Å². The summed E-state index contributed by atoms with van der Waals surface area (Å²) in [5, 5.41) is 12.2. The summed E-state index contributed by atoms with van der Waals surface area (Å²) in [6, 6.07) is 73.2. The van der Waals surface area contributed by atoms with E-state index < -0.39 is 0 Å². The van der Waals surface area contributed by atoms with Gasteiger partial charge in [-0.05, 0) is 115 Å². The summed E-state index contributed by atoms with van der Waals surface area (Å²) in [5.74, 6) is -1.45. The lowest BCUT2D eigenvalue weighted by molar-refractivity contribution is 0.101. The minimum atomic E-state index is -0.363. The summed E-state index contributed by atoms with van der Waals surface area (Å²) >= 11 is 0. The van der Waals surface area contributed by atoms with Crippen molar-refractivity contribution in [3.05, 3.63) is 265 Å². The minimum Gasteiger partial charge on any atom is -0.322 e. The van der Waals surface area contributed by atoms with E-state index in [2.05, 4.69) is 21.3 Å². The van der Waals surface area contributed by atoms with Crippen LogP contribution in [0.15, 0.2) is 243 Å². The fourth-order valence-corrected chi connectivity index (χ4v) is 7.91. The van der Waals surface area contributed by atoms with Crippen LogP contribution in [0.25, 0.3) is 0 Å². The molecule has 4 N–H and O–H groups in total. The van der Waals surface area contributed by atoms with E-state index in [0.717, 1.165) is 0 Å². The van der Waals surface area contributed by atoms with Crippen molar-refractivity contribution < 1.29 is 19.2 Å². The molecule has 0 spiro atoms. The first-order chi connectivity index (χ1) is 33.4. The monoisotopic (exact) mass is 888 g/mol. The number of hydrogen-bond acceptors (Lipinski definition) is 6. The van der Waals surface area contributed by atoms with Crippen molar-refractivity contribution in [2.45, 2.75) is 0 Å². The van der Waals surface area contributed by atoms with Crippen molar-refractivity contribution in [3.63, 3.8) is 0 Å². The molecular weight excluding hydrogens is 845 g/mol. The van der Waals surface area contributed by atoms with Crippen molar-refractivity contribution in [2.24, 2.45) is 0 Å². The first-order valence-corrected chi connectivity index (χ1v) is 21.9. The molecule has 0 atom stereocenters. The third kappa shape index (κ3) is 9.90. The number of nitrogens with one attached hydrogen (secondary N) is 4. The number of hydrogen-bond donors (Lipinski definition) is 4. The highest BCUT2D eigenvalue weighted by Gasteiger charge is 2.28. The van der Waals surface area contributed by atoms with Crippen molar-refractivity contribution >= 4 is 80.5 Å². The standard InChI is InChI=1S/C58H44N6O4/c65-55(59-41-22-5-1-6-23-41)47-32-13-17-36-51(47)63(52-37-18-14-33-48(52)56(66)60-42-24-7-2-8-25-42)45-30-21-31-46(40-45)64(53-38-19-15-34-49(53)57(67)61-43-26-9-3-10-27-43)54-39-20-16-35-50(54)58(68)62-44-28-11-4-12-29-44/h1-40H,(H,59,65)(H,60,66)(H,61,67)(H,62,68). The van der Waals surface area contributed by atoms with Gasteiger partial charge in [0.15, 0.2) is 0 Å². The molecule has 0 saturated carbocycles. The normalized spacial score (nSPS) is 10.6. The van der Waals surface area contributed by atoms with Crippen LogP contribution < -0.4 is 31.1 Å². The maximum absolute atomic E-state index is 14.4. The van der Waals surface area contributed by atoms with E-state index in [1.54, 1.807) is 48.5 Å². The zero-order valence-corrected chi connectivity index (χ0v) is 36.6. The van der Waals surface area contributed by atoms with Gasteiger partial charge in [-0.1, -0.05) is 127 Å². The molecule has 0 aliphatic heterocycles. The molecule has 9 aromatic carbocycles. The Morgan fingerprint density at radius 1 is 0.250 bits per heavy atom. The van der Waals surface area contributed by atoms with E-state index in [1.807, 2.05) is 204 Å². The zero-order chi connectivity index (χ0) is 46.7. The molecule has 0 unspecified atom stereocenters. The molecule has 0 aromatic heterocycles. The van der Waals surface area contributed by atoms with Gasteiger partial charge in [0.05, 0.1) is 45.0 Å². The van der Waals surface area contributed by atoms with Crippen LogP contribution in [-0.2, 0) is 0 Å². The third-order valence-electron chi connectivity index (χ3n) is 11.0. The molecule has 0 fully saturated rings. The van der Waals surface area contributed by atoms with E-state index in [9.17, 15) is 19.2 Å². The summed E-state index contributed by atoms with van der Waals surface area (Å²) in [4.78, 5) is 61.2. The Balaban J connectivity index is 1.23. The van der Waals surface area contributed by atoms with Crippen LogP contribution in [-0.4, -0.2) is 23.6 Å². The zero-order valence-electron chi connectivity index (χ0n) is 36.6. The molecule has 0 aliphatic carbocycles. The number of para-hydroxylation sites is 8. The van der Waals surface area contributed by atoms with Crippen LogP contribution in [0.4, 0.5) is 56.9 Å². The van der Waals surface area contributed by atoms with Crippen molar-refractivity contribution in [1.29, 1.82) is 0 Å². The quantitative estimate of drug-likeness (QED) is 0.0862. The average Bonchev–Trinajstić information content (AvgIpc) is 3.38. The van der Waals surface area contributed by atoms with E-state index in [1.165, 1.54) is 0 Å². The Hall–Kier alpha value is -9.54. The van der Waals surface area contributed by atoms with Gasteiger partial charge < -0.3 is 31.1 Å². The average molecular weight is 889 g/mol. The lowest BCUT2D eigenvalue weighted by Crippen LogP contribution is -2.23. The summed E-state index contributed by atoms with van der Waals surface area (Å²) in [5.41, 5.74) is 6.85. The first-order valence-electron chi connectivity index (χ1n) is 21.9. The minimum absolute atomic E-state index is 0.336.